The van der Waals surface area contributed by atoms with E-state index in [1.807, 2.05) is 30.1 Å². The minimum absolute atomic E-state index is 0.0272. The first-order valence-corrected chi connectivity index (χ1v) is 8.20. The molecule has 0 spiro atoms. The molecule has 1 aromatic carbocycles. The molecule has 1 amide bonds. The molecule has 0 radical (unpaired) electrons. The summed E-state index contributed by atoms with van der Waals surface area (Å²) in [5, 5.41) is 3.44. The van der Waals surface area contributed by atoms with E-state index in [0.29, 0.717) is 6.42 Å². The maximum Gasteiger partial charge on any atom is 0.224 e. The van der Waals surface area contributed by atoms with Crippen LogP contribution in [0.15, 0.2) is 30.3 Å². The number of hydrogen-bond donors (Lipinski definition) is 1. The van der Waals surface area contributed by atoms with Gasteiger partial charge in [0.05, 0.1) is 0 Å². The maximum atomic E-state index is 12.7. The Morgan fingerprint density at radius 2 is 1.86 bits per heavy atom. The van der Waals surface area contributed by atoms with Crippen molar-refractivity contribution in [3.63, 3.8) is 0 Å². The van der Waals surface area contributed by atoms with Crippen LogP contribution in [0.2, 0.25) is 0 Å². The number of hydrogen-bond acceptors (Lipinski definition) is 2. The zero-order valence-corrected chi connectivity index (χ0v) is 13.4. The van der Waals surface area contributed by atoms with Crippen LogP contribution in [0, 0.1) is 0 Å². The summed E-state index contributed by atoms with van der Waals surface area (Å²) < 4.78 is 0. The van der Waals surface area contributed by atoms with E-state index in [2.05, 4.69) is 24.4 Å². The van der Waals surface area contributed by atoms with E-state index >= 15 is 0 Å². The van der Waals surface area contributed by atoms with Crippen LogP contribution in [0.3, 0.4) is 0 Å². The molecule has 1 saturated carbocycles. The SMILES string of the molecule is CCN(Cc1ccccc1)C(=O)CC1(NC)CCCCC1. The van der Waals surface area contributed by atoms with E-state index in [0.717, 1.165) is 25.9 Å². The van der Waals surface area contributed by atoms with Gasteiger partial charge in [-0.2, -0.15) is 0 Å². The van der Waals surface area contributed by atoms with Gasteiger partial charge in [-0.05, 0) is 32.4 Å². The number of carbonyl (C=O) groups excluding carboxylic acids is 1. The molecular formula is C18H28N2O. The fourth-order valence-corrected chi connectivity index (χ4v) is 3.33. The highest BCUT2D eigenvalue weighted by molar-refractivity contribution is 5.77. The van der Waals surface area contributed by atoms with Crippen molar-refractivity contribution in [3.8, 4) is 0 Å². The molecule has 3 nitrogen and oxygen atoms in total. The standard InChI is InChI=1S/C18H28N2O/c1-3-20(15-16-10-6-4-7-11-16)17(21)14-18(19-2)12-8-5-9-13-18/h4,6-7,10-11,19H,3,5,8-9,12-15H2,1-2H3. The number of nitrogens with one attached hydrogen (secondary N) is 1. The fourth-order valence-electron chi connectivity index (χ4n) is 3.33. The number of amides is 1. The van der Waals surface area contributed by atoms with Crippen LogP contribution < -0.4 is 5.32 Å². The molecule has 0 saturated heterocycles. The van der Waals surface area contributed by atoms with Crippen LogP contribution in [0.5, 0.6) is 0 Å². The van der Waals surface area contributed by atoms with Gasteiger partial charge in [-0.3, -0.25) is 4.79 Å². The third-order valence-electron chi connectivity index (χ3n) is 4.78. The molecule has 0 aromatic heterocycles. The third kappa shape index (κ3) is 4.31. The van der Waals surface area contributed by atoms with Crippen molar-refractivity contribution in [1.82, 2.24) is 10.2 Å². The van der Waals surface area contributed by atoms with Gasteiger partial charge in [0.25, 0.3) is 0 Å². The minimum atomic E-state index is 0.0272. The van der Waals surface area contributed by atoms with Gasteiger partial charge in [-0.1, -0.05) is 49.6 Å². The van der Waals surface area contributed by atoms with Crippen LogP contribution in [0.4, 0.5) is 0 Å². The van der Waals surface area contributed by atoms with Crippen molar-refractivity contribution >= 4 is 5.91 Å². The Balaban J connectivity index is 1.99. The van der Waals surface area contributed by atoms with Crippen LogP contribution in [-0.4, -0.2) is 29.9 Å². The smallest absolute Gasteiger partial charge is 0.224 e. The predicted molar refractivity (Wildman–Crippen MR) is 87.0 cm³/mol. The van der Waals surface area contributed by atoms with Crippen molar-refractivity contribution in [3.05, 3.63) is 35.9 Å². The molecule has 0 bridgehead atoms. The summed E-state index contributed by atoms with van der Waals surface area (Å²) >= 11 is 0. The van der Waals surface area contributed by atoms with Crippen LogP contribution in [0.1, 0.15) is 51.0 Å². The van der Waals surface area contributed by atoms with Crippen molar-refractivity contribution < 1.29 is 4.79 Å². The Hall–Kier alpha value is -1.35. The molecule has 2 rings (SSSR count). The molecule has 0 unspecified atom stereocenters. The zero-order valence-electron chi connectivity index (χ0n) is 13.4. The van der Waals surface area contributed by atoms with Gasteiger partial charge in [0, 0.05) is 25.0 Å². The van der Waals surface area contributed by atoms with E-state index in [1.165, 1.54) is 24.8 Å². The van der Waals surface area contributed by atoms with Crippen molar-refractivity contribution in [2.75, 3.05) is 13.6 Å². The fraction of sp³-hybridized carbons (Fsp3) is 0.611. The highest BCUT2D eigenvalue weighted by atomic mass is 16.2. The predicted octanol–water partition coefficient (Wildman–Crippen LogP) is 3.35. The van der Waals surface area contributed by atoms with Gasteiger partial charge in [0.15, 0.2) is 0 Å². The lowest BCUT2D eigenvalue weighted by molar-refractivity contribution is -0.133. The first-order chi connectivity index (χ1) is 10.2. The summed E-state index contributed by atoms with van der Waals surface area (Å²) in [7, 11) is 2.01. The van der Waals surface area contributed by atoms with Gasteiger partial charge in [-0.25, -0.2) is 0 Å². The van der Waals surface area contributed by atoms with Crippen LogP contribution in [0.25, 0.3) is 0 Å². The molecule has 1 fully saturated rings. The number of benzene rings is 1. The van der Waals surface area contributed by atoms with E-state index < -0.39 is 0 Å². The largest absolute Gasteiger partial charge is 0.339 e. The van der Waals surface area contributed by atoms with Crippen molar-refractivity contribution in [2.45, 2.75) is 57.5 Å². The summed E-state index contributed by atoms with van der Waals surface area (Å²) in [6, 6.07) is 10.3. The Morgan fingerprint density at radius 1 is 1.19 bits per heavy atom. The highest BCUT2D eigenvalue weighted by Crippen LogP contribution is 2.31. The molecule has 0 aliphatic heterocycles. The molecule has 0 heterocycles. The van der Waals surface area contributed by atoms with E-state index in [9.17, 15) is 4.79 Å². The summed E-state index contributed by atoms with van der Waals surface area (Å²) in [6.07, 6.45) is 6.65. The van der Waals surface area contributed by atoms with E-state index in [-0.39, 0.29) is 11.4 Å². The van der Waals surface area contributed by atoms with Gasteiger partial charge in [0.2, 0.25) is 5.91 Å². The topological polar surface area (TPSA) is 32.3 Å². The quantitative estimate of drug-likeness (QED) is 0.870. The molecular weight excluding hydrogens is 260 g/mol. The summed E-state index contributed by atoms with van der Waals surface area (Å²) in [4.78, 5) is 14.7. The first-order valence-electron chi connectivity index (χ1n) is 8.20. The second-order valence-corrected chi connectivity index (χ2v) is 6.16. The van der Waals surface area contributed by atoms with E-state index in [4.69, 9.17) is 0 Å². The van der Waals surface area contributed by atoms with Gasteiger partial charge in [-0.15, -0.1) is 0 Å². The molecule has 1 N–H and O–H groups in total. The average molecular weight is 288 g/mol. The lowest BCUT2D eigenvalue weighted by atomic mass is 9.79. The Kier molecular flexibility index (Phi) is 5.80. The lowest BCUT2D eigenvalue weighted by Gasteiger charge is -2.38. The Bertz CT molecular complexity index is 438. The Morgan fingerprint density at radius 3 is 2.43 bits per heavy atom. The third-order valence-corrected chi connectivity index (χ3v) is 4.78. The van der Waals surface area contributed by atoms with Crippen LogP contribution in [-0.2, 0) is 11.3 Å². The zero-order chi connectivity index (χ0) is 15.1. The van der Waals surface area contributed by atoms with E-state index in [1.54, 1.807) is 0 Å². The normalized spacial score (nSPS) is 17.4. The second kappa shape index (κ2) is 7.60. The van der Waals surface area contributed by atoms with Crippen molar-refractivity contribution in [1.29, 1.82) is 0 Å². The molecule has 1 aliphatic carbocycles. The summed E-state index contributed by atoms with van der Waals surface area (Å²) in [5.41, 5.74) is 1.23. The first kappa shape index (κ1) is 16.0. The average Bonchev–Trinajstić information content (AvgIpc) is 2.54. The molecule has 1 aliphatic rings. The summed E-state index contributed by atoms with van der Waals surface area (Å²) in [6.45, 7) is 3.55. The molecule has 3 heteroatoms. The lowest BCUT2D eigenvalue weighted by Crippen LogP contribution is -2.48. The van der Waals surface area contributed by atoms with Gasteiger partial charge >= 0.3 is 0 Å². The monoisotopic (exact) mass is 288 g/mol. The van der Waals surface area contributed by atoms with Crippen molar-refractivity contribution in [2.24, 2.45) is 0 Å². The second-order valence-electron chi connectivity index (χ2n) is 6.16. The summed E-state index contributed by atoms with van der Waals surface area (Å²) in [5.74, 6) is 0.276. The molecule has 0 atom stereocenters. The van der Waals surface area contributed by atoms with Gasteiger partial charge in [0.1, 0.15) is 0 Å². The number of nitrogens with zero attached hydrogens (tertiary/aromatic N) is 1. The molecule has 21 heavy (non-hydrogen) atoms. The van der Waals surface area contributed by atoms with Crippen LogP contribution >= 0.6 is 0 Å². The highest BCUT2D eigenvalue weighted by Gasteiger charge is 2.33. The minimum Gasteiger partial charge on any atom is -0.339 e. The maximum absolute atomic E-state index is 12.7. The number of carbonyl (C=O) groups is 1. The van der Waals surface area contributed by atoms with Gasteiger partial charge < -0.3 is 10.2 Å². The molecule has 116 valence electrons. The molecule has 1 aromatic rings. The number of rotatable bonds is 6. The Labute approximate surface area is 128 Å².